The van der Waals surface area contributed by atoms with E-state index in [-0.39, 0.29) is 5.91 Å². The molecular formula is C11H17N3O2. The van der Waals surface area contributed by atoms with Crippen LogP contribution in [-0.2, 0) is 0 Å². The van der Waals surface area contributed by atoms with Gasteiger partial charge in [-0.3, -0.25) is 9.89 Å². The van der Waals surface area contributed by atoms with E-state index in [0.29, 0.717) is 18.7 Å². The summed E-state index contributed by atoms with van der Waals surface area (Å²) in [4.78, 5) is 13.6. The van der Waals surface area contributed by atoms with Crippen molar-refractivity contribution in [2.45, 2.75) is 32.3 Å². The van der Waals surface area contributed by atoms with Crippen LogP contribution in [0.3, 0.4) is 0 Å². The number of aliphatic hydroxyl groups is 1. The van der Waals surface area contributed by atoms with Crippen LogP contribution < -0.4 is 0 Å². The Morgan fingerprint density at radius 2 is 2.38 bits per heavy atom. The highest BCUT2D eigenvalue weighted by Crippen LogP contribution is 2.27. The van der Waals surface area contributed by atoms with Gasteiger partial charge in [0.1, 0.15) is 0 Å². The maximum Gasteiger partial charge on any atom is 0.257 e. The summed E-state index contributed by atoms with van der Waals surface area (Å²) in [5.74, 6) is -0.0490. The number of amides is 1. The Kier molecular flexibility index (Phi) is 2.71. The molecule has 1 aromatic heterocycles. The summed E-state index contributed by atoms with van der Waals surface area (Å²) >= 11 is 0. The van der Waals surface area contributed by atoms with Crippen molar-refractivity contribution in [1.29, 1.82) is 0 Å². The lowest BCUT2D eigenvalue weighted by molar-refractivity contribution is -0.0860. The average Bonchev–Trinajstić information content (AvgIpc) is 2.60. The molecule has 0 bridgehead atoms. The van der Waals surface area contributed by atoms with Gasteiger partial charge in [0.15, 0.2) is 0 Å². The van der Waals surface area contributed by atoms with Crippen molar-refractivity contribution < 1.29 is 9.90 Å². The molecule has 1 aliphatic rings. The van der Waals surface area contributed by atoms with E-state index in [9.17, 15) is 9.90 Å². The van der Waals surface area contributed by atoms with Crippen molar-refractivity contribution in [3.8, 4) is 0 Å². The summed E-state index contributed by atoms with van der Waals surface area (Å²) in [5, 5.41) is 16.5. The van der Waals surface area contributed by atoms with Crippen LogP contribution in [0.15, 0.2) is 6.20 Å². The molecule has 1 aromatic rings. The molecule has 1 amide bonds. The topological polar surface area (TPSA) is 69.2 Å². The van der Waals surface area contributed by atoms with E-state index in [4.69, 9.17) is 0 Å². The highest BCUT2D eigenvalue weighted by atomic mass is 16.3. The molecule has 0 unspecified atom stereocenters. The van der Waals surface area contributed by atoms with E-state index in [1.807, 2.05) is 13.8 Å². The largest absolute Gasteiger partial charge is 0.386 e. The van der Waals surface area contributed by atoms with E-state index in [1.165, 1.54) is 6.20 Å². The number of rotatable bonds is 3. The first-order valence-electron chi connectivity index (χ1n) is 5.57. The minimum atomic E-state index is -0.665. The fourth-order valence-electron chi connectivity index (χ4n) is 2.17. The first-order valence-corrected chi connectivity index (χ1v) is 5.57. The number of nitrogens with zero attached hydrogens (tertiary/aromatic N) is 2. The van der Waals surface area contributed by atoms with Gasteiger partial charge in [-0.05, 0) is 13.3 Å². The van der Waals surface area contributed by atoms with E-state index in [0.717, 1.165) is 18.5 Å². The number of carbonyl (C=O) groups excluding carboxylic acids is 1. The lowest BCUT2D eigenvalue weighted by Crippen LogP contribution is -2.63. The molecule has 1 aliphatic heterocycles. The van der Waals surface area contributed by atoms with Crippen LogP contribution in [0, 0.1) is 6.92 Å². The van der Waals surface area contributed by atoms with Gasteiger partial charge in [-0.1, -0.05) is 13.3 Å². The third-order valence-electron chi connectivity index (χ3n) is 3.03. The van der Waals surface area contributed by atoms with Crippen LogP contribution in [0.1, 0.15) is 35.8 Å². The number of H-pyrrole nitrogens is 1. The van der Waals surface area contributed by atoms with Gasteiger partial charge in [-0.2, -0.15) is 5.10 Å². The molecule has 0 saturated carbocycles. The van der Waals surface area contributed by atoms with Crippen molar-refractivity contribution in [2.75, 3.05) is 13.1 Å². The molecule has 5 heteroatoms. The Bertz CT molecular complexity index is 394. The van der Waals surface area contributed by atoms with Gasteiger partial charge in [-0.25, -0.2) is 0 Å². The standard InChI is InChI=1S/C11H17N3O2/c1-3-4-11(16)6-14(7-11)10(15)9-5-12-13-8(9)2/h5,16H,3-4,6-7H2,1-2H3,(H,12,13). The second kappa shape index (κ2) is 3.90. The van der Waals surface area contributed by atoms with Crippen molar-refractivity contribution in [3.63, 3.8) is 0 Å². The molecule has 0 spiro atoms. The molecule has 0 radical (unpaired) electrons. The molecule has 0 aliphatic carbocycles. The van der Waals surface area contributed by atoms with Crippen LogP contribution in [0.25, 0.3) is 0 Å². The summed E-state index contributed by atoms with van der Waals surface area (Å²) in [6.07, 6.45) is 3.22. The summed E-state index contributed by atoms with van der Waals surface area (Å²) < 4.78 is 0. The van der Waals surface area contributed by atoms with Gasteiger partial charge in [0.2, 0.25) is 0 Å². The maximum absolute atomic E-state index is 12.0. The molecule has 2 rings (SSSR count). The van der Waals surface area contributed by atoms with Gasteiger partial charge >= 0.3 is 0 Å². The van der Waals surface area contributed by atoms with Crippen molar-refractivity contribution in [1.82, 2.24) is 15.1 Å². The van der Waals surface area contributed by atoms with Crippen LogP contribution in [-0.4, -0.2) is 44.8 Å². The second-order valence-corrected chi connectivity index (χ2v) is 4.54. The number of hydrogen-bond acceptors (Lipinski definition) is 3. The van der Waals surface area contributed by atoms with Gasteiger partial charge < -0.3 is 10.0 Å². The molecule has 2 N–H and O–H groups in total. The molecule has 88 valence electrons. The minimum absolute atomic E-state index is 0.0490. The molecule has 16 heavy (non-hydrogen) atoms. The van der Waals surface area contributed by atoms with E-state index in [2.05, 4.69) is 10.2 Å². The number of nitrogens with one attached hydrogen (secondary N) is 1. The summed E-state index contributed by atoms with van der Waals surface area (Å²) in [6, 6.07) is 0. The Morgan fingerprint density at radius 3 is 2.88 bits per heavy atom. The third-order valence-corrected chi connectivity index (χ3v) is 3.03. The van der Waals surface area contributed by atoms with Gasteiger partial charge in [0.05, 0.1) is 30.5 Å². The SMILES string of the molecule is CCCC1(O)CN(C(=O)c2cn[nH]c2C)C1. The number of β-amino-alcohol motifs (C(OH)–C–C–N with tert-alkyl or cyclic N) is 1. The van der Waals surface area contributed by atoms with Gasteiger partial charge in [0.25, 0.3) is 5.91 Å². The number of carbonyl (C=O) groups is 1. The van der Waals surface area contributed by atoms with E-state index < -0.39 is 5.60 Å². The maximum atomic E-state index is 12.0. The third kappa shape index (κ3) is 1.82. The zero-order valence-electron chi connectivity index (χ0n) is 9.66. The van der Waals surface area contributed by atoms with Crippen LogP contribution in [0.2, 0.25) is 0 Å². The highest BCUT2D eigenvalue weighted by Gasteiger charge is 2.43. The first-order chi connectivity index (χ1) is 7.56. The first kappa shape index (κ1) is 11.1. The van der Waals surface area contributed by atoms with E-state index in [1.54, 1.807) is 4.90 Å². The predicted octanol–water partition coefficient (Wildman–Crippen LogP) is 0.705. The summed E-state index contributed by atoms with van der Waals surface area (Å²) in [7, 11) is 0. The molecule has 0 aromatic carbocycles. The highest BCUT2D eigenvalue weighted by molar-refractivity contribution is 5.95. The van der Waals surface area contributed by atoms with Crippen molar-refractivity contribution in [3.05, 3.63) is 17.5 Å². The Balaban J connectivity index is 1.98. The average molecular weight is 223 g/mol. The van der Waals surface area contributed by atoms with Crippen molar-refractivity contribution in [2.24, 2.45) is 0 Å². The van der Waals surface area contributed by atoms with E-state index >= 15 is 0 Å². The molecular weight excluding hydrogens is 206 g/mol. The molecule has 1 fully saturated rings. The van der Waals surface area contributed by atoms with Crippen LogP contribution >= 0.6 is 0 Å². The van der Waals surface area contributed by atoms with Gasteiger partial charge in [-0.15, -0.1) is 0 Å². The normalized spacial score (nSPS) is 18.3. The van der Waals surface area contributed by atoms with Crippen LogP contribution in [0.5, 0.6) is 0 Å². The van der Waals surface area contributed by atoms with Crippen LogP contribution in [0.4, 0.5) is 0 Å². The number of likely N-dealkylation sites (tertiary alicyclic amines) is 1. The number of aromatic nitrogens is 2. The zero-order chi connectivity index (χ0) is 11.8. The summed E-state index contributed by atoms with van der Waals surface area (Å²) in [6.45, 7) is 4.72. The smallest absolute Gasteiger partial charge is 0.257 e. The monoisotopic (exact) mass is 223 g/mol. The fourth-order valence-corrected chi connectivity index (χ4v) is 2.17. The zero-order valence-corrected chi connectivity index (χ0v) is 9.66. The second-order valence-electron chi connectivity index (χ2n) is 4.54. The number of hydrogen-bond donors (Lipinski definition) is 2. The lowest BCUT2D eigenvalue weighted by Gasteiger charge is -2.46. The summed E-state index contributed by atoms with van der Waals surface area (Å²) in [5.41, 5.74) is 0.705. The van der Waals surface area contributed by atoms with Crippen molar-refractivity contribution >= 4 is 5.91 Å². The predicted molar refractivity (Wildman–Crippen MR) is 59.1 cm³/mol. The molecule has 0 atom stereocenters. The Hall–Kier alpha value is -1.36. The minimum Gasteiger partial charge on any atom is -0.386 e. The molecule has 2 heterocycles. The number of aryl methyl sites for hydroxylation is 1. The van der Waals surface area contributed by atoms with Gasteiger partial charge in [0, 0.05) is 5.69 Å². The molecule has 5 nitrogen and oxygen atoms in total. The lowest BCUT2D eigenvalue weighted by atomic mass is 9.89. The Morgan fingerprint density at radius 1 is 1.69 bits per heavy atom. The quantitative estimate of drug-likeness (QED) is 0.792. The molecule has 1 saturated heterocycles. The Labute approximate surface area is 94.5 Å². The number of aromatic amines is 1. The fraction of sp³-hybridized carbons (Fsp3) is 0.636.